The number of anilines is 3. The lowest BCUT2D eigenvalue weighted by Gasteiger charge is -2.26. The molecular weight excluding hydrogens is 333 g/mol. The Balaban J connectivity index is 1.58. The fraction of sp³-hybridized carbons (Fsp3) is 0.474. The van der Waals surface area contributed by atoms with Gasteiger partial charge in [0.2, 0.25) is 5.95 Å². The quantitative estimate of drug-likeness (QED) is 0.852. The van der Waals surface area contributed by atoms with Crippen LogP contribution in [0.1, 0.15) is 13.3 Å². The Morgan fingerprint density at radius 2 is 1.85 bits per heavy atom. The molecule has 1 aromatic carbocycles. The van der Waals surface area contributed by atoms with Crippen molar-refractivity contribution >= 4 is 17.3 Å². The van der Waals surface area contributed by atoms with E-state index in [0.29, 0.717) is 41.9 Å². The molecule has 1 aromatic heterocycles. The first-order valence-corrected chi connectivity index (χ1v) is 9.11. The van der Waals surface area contributed by atoms with Crippen LogP contribution < -0.4 is 15.5 Å². The first-order chi connectivity index (χ1) is 12.6. The van der Waals surface area contributed by atoms with Crippen LogP contribution in [0.2, 0.25) is 0 Å². The molecule has 0 spiro atoms. The van der Waals surface area contributed by atoms with E-state index in [4.69, 9.17) is 10.5 Å². The van der Waals surface area contributed by atoms with Crippen LogP contribution in [0.4, 0.5) is 21.7 Å². The van der Waals surface area contributed by atoms with Crippen molar-refractivity contribution in [3.8, 4) is 11.1 Å². The van der Waals surface area contributed by atoms with Gasteiger partial charge in [0.15, 0.2) is 0 Å². The zero-order valence-electron chi connectivity index (χ0n) is 15.0. The molecule has 4 rings (SSSR count). The zero-order chi connectivity index (χ0) is 18.1. The van der Waals surface area contributed by atoms with E-state index in [9.17, 15) is 4.39 Å². The normalized spacial score (nSPS) is 20.6. The van der Waals surface area contributed by atoms with Crippen molar-refractivity contribution in [2.75, 3.05) is 54.9 Å². The monoisotopic (exact) mass is 357 g/mol. The standard InChI is InChI=1S/C19H24FN5O/c1-13-2-3-25(12-13)18-9-16(20)15(8-17(18)21)14-10-22-19(23-11-14)24-4-6-26-7-5-24/h8-11,13H,2-7,12,21H2,1H3. The van der Waals surface area contributed by atoms with E-state index in [1.807, 2.05) is 0 Å². The number of aromatic nitrogens is 2. The van der Waals surface area contributed by atoms with Gasteiger partial charge in [-0.1, -0.05) is 6.92 Å². The zero-order valence-corrected chi connectivity index (χ0v) is 15.0. The van der Waals surface area contributed by atoms with E-state index in [2.05, 4.69) is 26.7 Å². The van der Waals surface area contributed by atoms with E-state index in [1.54, 1.807) is 24.5 Å². The summed E-state index contributed by atoms with van der Waals surface area (Å²) in [5.41, 5.74) is 8.67. The molecule has 0 bridgehead atoms. The van der Waals surface area contributed by atoms with Crippen LogP contribution in [0, 0.1) is 11.7 Å². The molecule has 1 atom stereocenters. The molecule has 2 aromatic rings. The van der Waals surface area contributed by atoms with Crippen molar-refractivity contribution in [1.82, 2.24) is 9.97 Å². The second-order valence-electron chi connectivity index (χ2n) is 7.10. The van der Waals surface area contributed by atoms with Crippen LogP contribution in [0.15, 0.2) is 24.5 Å². The van der Waals surface area contributed by atoms with Gasteiger partial charge in [0.05, 0.1) is 24.6 Å². The van der Waals surface area contributed by atoms with E-state index in [0.717, 1.165) is 38.3 Å². The van der Waals surface area contributed by atoms with Crippen molar-refractivity contribution in [1.29, 1.82) is 0 Å². The predicted octanol–water partition coefficient (Wildman–Crippen LogP) is 2.55. The summed E-state index contributed by atoms with van der Waals surface area (Å²) in [5, 5.41) is 0. The van der Waals surface area contributed by atoms with Gasteiger partial charge in [0, 0.05) is 49.7 Å². The van der Waals surface area contributed by atoms with Gasteiger partial charge in [0.1, 0.15) is 5.82 Å². The van der Waals surface area contributed by atoms with Crippen LogP contribution in [0.5, 0.6) is 0 Å². The van der Waals surface area contributed by atoms with Gasteiger partial charge in [-0.2, -0.15) is 0 Å². The van der Waals surface area contributed by atoms with E-state index in [1.165, 1.54) is 0 Å². The van der Waals surface area contributed by atoms with Crippen LogP contribution in [-0.4, -0.2) is 49.4 Å². The van der Waals surface area contributed by atoms with Gasteiger partial charge in [-0.05, 0) is 24.5 Å². The topological polar surface area (TPSA) is 67.5 Å². The Kier molecular flexibility index (Phi) is 4.63. The minimum atomic E-state index is -0.295. The number of benzene rings is 1. The van der Waals surface area contributed by atoms with E-state index < -0.39 is 0 Å². The number of hydrogen-bond acceptors (Lipinski definition) is 6. The lowest BCUT2D eigenvalue weighted by Crippen LogP contribution is -2.37. The number of nitrogens with two attached hydrogens (primary N) is 1. The minimum absolute atomic E-state index is 0.295. The Labute approximate surface area is 152 Å². The Morgan fingerprint density at radius 3 is 2.50 bits per heavy atom. The number of nitrogens with zero attached hydrogens (tertiary/aromatic N) is 4. The maximum atomic E-state index is 14.8. The average molecular weight is 357 g/mol. The molecule has 138 valence electrons. The van der Waals surface area contributed by atoms with Gasteiger partial charge in [0.25, 0.3) is 0 Å². The maximum Gasteiger partial charge on any atom is 0.225 e. The second kappa shape index (κ2) is 7.07. The maximum absolute atomic E-state index is 14.8. The molecule has 0 amide bonds. The Morgan fingerprint density at radius 1 is 1.12 bits per heavy atom. The summed E-state index contributed by atoms with van der Waals surface area (Å²) in [6, 6.07) is 3.24. The molecule has 2 aliphatic rings. The molecule has 0 saturated carbocycles. The smallest absolute Gasteiger partial charge is 0.225 e. The second-order valence-corrected chi connectivity index (χ2v) is 7.10. The Hall–Kier alpha value is -2.41. The third kappa shape index (κ3) is 3.31. The van der Waals surface area contributed by atoms with Gasteiger partial charge in [-0.3, -0.25) is 0 Å². The molecule has 2 aliphatic heterocycles. The van der Waals surface area contributed by atoms with Crippen molar-refractivity contribution in [3.05, 3.63) is 30.3 Å². The van der Waals surface area contributed by atoms with Gasteiger partial charge < -0.3 is 20.3 Å². The minimum Gasteiger partial charge on any atom is -0.397 e. The van der Waals surface area contributed by atoms with Crippen LogP contribution >= 0.6 is 0 Å². The summed E-state index contributed by atoms with van der Waals surface area (Å²) in [6.07, 6.45) is 4.43. The number of morpholine rings is 1. The highest BCUT2D eigenvalue weighted by atomic mass is 19.1. The van der Waals surface area contributed by atoms with Crippen molar-refractivity contribution in [2.24, 2.45) is 5.92 Å². The predicted molar refractivity (Wildman–Crippen MR) is 101 cm³/mol. The number of rotatable bonds is 3. The van der Waals surface area contributed by atoms with Crippen molar-refractivity contribution in [3.63, 3.8) is 0 Å². The highest BCUT2D eigenvalue weighted by molar-refractivity contribution is 5.77. The molecule has 0 radical (unpaired) electrons. The SMILES string of the molecule is CC1CCN(c2cc(F)c(-c3cnc(N4CCOCC4)nc3)cc2N)C1. The Bertz CT molecular complexity index is 776. The molecule has 0 aliphatic carbocycles. The van der Waals surface area contributed by atoms with Gasteiger partial charge in [-0.25, -0.2) is 14.4 Å². The fourth-order valence-corrected chi connectivity index (χ4v) is 3.62. The number of nitrogen functional groups attached to an aromatic ring is 1. The number of halogens is 1. The molecule has 6 nitrogen and oxygen atoms in total. The number of hydrogen-bond donors (Lipinski definition) is 1. The van der Waals surface area contributed by atoms with Gasteiger partial charge in [-0.15, -0.1) is 0 Å². The van der Waals surface area contributed by atoms with Crippen LogP contribution in [-0.2, 0) is 4.74 Å². The molecule has 26 heavy (non-hydrogen) atoms. The summed E-state index contributed by atoms with van der Waals surface area (Å²) >= 11 is 0. The highest BCUT2D eigenvalue weighted by Crippen LogP contribution is 2.34. The fourth-order valence-electron chi connectivity index (χ4n) is 3.62. The summed E-state index contributed by atoms with van der Waals surface area (Å²) in [6.45, 7) is 6.92. The lowest BCUT2D eigenvalue weighted by molar-refractivity contribution is 0.122. The molecule has 2 fully saturated rings. The first-order valence-electron chi connectivity index (χ1n) is 9.11. The van der Waals surface area contributed by atoms with E-state index >= 15 is 0 Å². The third-order valence-corrected chi connectivity index (χ3v) is 5.12. The largest absolute Gasteiger partial charge is 0.397 e. The highest BCUT2D eigenvalue weighted by Gasteiger charge is 2.22. The summed E-state index contributed by atoms with van der Waals surface area (Å²) in [4.78, 5) is 13.0. The molecule has 1 unspecified atom stereocenters. The van der Waals surface area contributed by atoms with Crippen molar-refractivity contribution in [2.45, 2.75) is 13.3 Å². The first kappa shape index (κ1) is 17.0. The molecule has 2 N–H and O–H groups in total. The summed E-state index contributed by atoms with van der Waals surface area (Å²) in [7, 11) is 0. The summed E-state index contributed by atoms with van der Waals surface area (Å²) in [5.74, 6) is 0.961. The lowest BCUT2D eigenvalue weighted by atomic mass is 10.1. The molecule has 2 saturated heterocycles. The van der Waals surface area contributed by atoms with Crippen molar-refractivity contribution < 1.29 is 9.13 Å². The summed E-state index contributed by atoms with van der Waals surface area (Å²) < 4.78 is 20.1. The third-order valence-electron chi connectivity index (χ3n) is 5.12. The number of ether oxygens (including phenoxy) is 1. The van der Waals surface area contributed by atoms with Crippen LogP contribution in [0.25, 0.3) is 11.1 Å². The molecule has 3 heterocycles. The van der Waals surface area contributed by atoms with Crippen LogP contribution in [0.3, 0.4) is 0 Å². The molecule has 7 heteroatoms. The molecular formula is C19H24FN5O. The van der Waals surface area contributed by atoms with Gasteiger partial charge >= 0.3 is 0 Å². The average Bonchev–Trinajstić information content (AvgIpc) is 3.10. The van der Waals surface area contributed by atoms with E-state index in [-0.39, 0.29) is 5.82 Å².